The lowest BCUT2D eigenvalue weighted by Gasteiger charge is -1.84. The number of hydrogen-bond acceptors (Lipinski definition) is 4. The van der Waals surface area contributed by atoms with Crippen molar-refractivity contribution >= 4 is 38.7 Å². The molecule has 2 aromatic rings. The van der Waals surface area contributed by atoms with Crippen LogP contribution in [0.1, 0.15) is 9.67 Å². The minimum atomic E-state index is -0.916. The number of halogens is 1. The van der Waals surface area contributed by atoms with Crippen molar-refractivity contribution in [3.8, 4) is 0 Å². The lowest BCUT2D eigenvalue weighted by molar-refractivity contribution is -0.0783. The molecule has 2 nitrogen and oxygen atoms in total. The van der Waals surface area contributed by atoms with Gasteiger partial charge in [-0.05, 0) is 11.4 Å². The smallest absolute Gasteiger partial charge is 0.248 e. The summed E-state index contributed by atoms with van der Waals surface area (Å²) in [5.41, 5.74) is 0. The Hall–Kier alpha value is -0.940. The maximum atomic E-state index is 11.5. The normalized spacial score (nSPS) is 10.4. The van der Waals surface area contributed by atoms with Crippen molar-refractivity contribution < 1.29 is 14.3 Å². The fourth-order valence-corrected chi connectivity index (χ4v) is 2.79. The largest absolute Gasteiger partial charge is 0.389 e. The molecular formula is C7H3FO2S2. The minimum Gasteiger partial charge on any atom is -0.248 e. The SMILES string of the molecule is O=C(OF)c1cc2cscc2s1. The average molecular weight is 202 g/mol. The Bertz CT molecular complexity index is 389. The molecule has 0 saturated heterocycles. The van der Waals surface area contributed by atoms with Gasteiger partial charge in [-0.3, -0.25) is 0 Å². The third kappa shape index (κ3) is 1.11. The van der Waals surface area contributed by atoms with Crippen LogP contribution in [0, 0.1) is 0 Å². The van der Waals surface area contributed by atoms with Crippen LogP contribution in [0.5, 0.6) is 0 Å². The van der Waals surface area contributed by atoms with E-state index in [0.717, 1.165) is 10.1 Å². The van der Waals surface area contributed by atoms with Crippen LogP contribution in [0.3, 0.4) is 0 Å². The van der Waals surface area contributed by atoms with Crippen LogP contribution < -0.4 is 0 Å². The molecule has 0 saturated carbocycles. The summed E-state index contributed by atoms with van der Waals surface area (Å²) in [5, 5.41) is 4.78. The number of carbonyl (C=O) groups excluding carboxylic acids is 1. The summed E-state index contributed by atoms with van der Waals surface area (Å²) in [6.45, 7) is 0. The molecule has 0 fully saturated rings. The zero-order chi connectivity index (χ0) is 8.55. The molecule has 5 heteroatoms. The van der Waals surface area contributed by atoms with Crippen molar-refractivity contribution in [1.82, 2.24) is 0 Å². The summed E-state index contributed by atoms with van der Waals surface area (Å²) in [7, 11) is 0. The molecule has 0 atom stereocenters. The fraction of sp³-hybridized carbons (Fsp3) is 0. The van der Waals surface area contributed by atoms with E-state index in [-0.39, 0.29) is 0 Å². The van der Waals surface area contributed by atoms with E-state index in [1.54, 1.807) is 17.4 Å². The Balaban J connectivity index is 2.51. The van der Waals surface area contributed by atoms with Gasteiger partial charge in [0.05, 0.1) is 0 Å². The van der Waals surface area contributed by atoms with Gasteiger partial charge in [-0.25, -0.2) is 9.74 Å². The average Bonchev–Trinajstić information content (AvgIpc) is 2.60. The molecule has 62 valence electrons. The van der Waals surface area contributed by atoms with Gasteiger partial charge in [0.25, 0.3) is 0 Å². The molecule has 2 heterocycles. The van der Waals surface area contributed by atoms with Gasteiger partial charge in [-0.15, -0.1) is 11.3 Å². The summed E-state index contributed by atoms with van der Waals surface area (Å²) in [6.07, 6.45) is 0. The van der Waals surface area contributed by atoms with Crippen LogP contribution in [-0.2, 0) is 4.94 Å². The van der Waals surface area contributed by atoms with Gasteiger partial charge < -0.3 is 0 Å². The van der Waals surface area contributed by atoms with E-state index in [2.05, 4.69) is 4.94 Å². The second-order valence-electron chi connectivity index (χ2n) is 2.17. The van der Waals surface area contributed by atoms with Crippen molar-refractivity contribution in [2.75, 3.05) is 0 Å². The molecule has 0 radical (unpaired) electrons. The number of fused-ring (bicyclic) bond motifs is 1. The van der Waals surface area contributed by atoms with E-state index in [9.17, 15) is 9.32 Å². The Morgan fingerprint density at radius 2 is 2.33 bits per heavy atom. The van der Waals surface area contributed by atoms with Crippen molar-refractivity contribution in [3.05, 3.63) is 21.7 Å². The number of thiophene rings is 2. The van der Waals surface area contributed by atoms with Crippen LogP contribution >= 0.6 is 22.7 Å². The van der Waals surface area contributed by atoms with E-state index in [1.165, 1.54) is 11.3 Å². The van der Waals surface area contributed by atoms with E-state index < -0.39 is 5.97 Å². The van der Waals surface area contributed by atoms with Gasteiger partial charge >= 0.3 is 5.97 Å². The molecule has 0 N–H and O–H groups in total. The van der Waals surface area contributed by atoms with Gasteiger partial charge in [0.15, 0.2) is 0 Å². The highest BCUT2D eigenvalue weighted by atomic mass is 32.1. The van der Waals surface area contributed by atoms with E-state index in [4.69, 9.17) is 0 Å². The summed E-state index contributed by atoms with van der Waals surface area (Å²) in [5.74, 6) is -0.916. The second kappa shape index (κ2) is 2.84. The zero-order valence-corrected chi connectivity index (χ0v) is 7.38. The van der Waals surface area contributed by atoms with E-state index in [1.807, 2.05) is 10.8 Å². The van der Waals surface area contributed by atoms with Gasteiger partial charge in [0.2, 0.25) is 0 Å². The van der Waals surface area contributed by atoms with Crippen molar-refractivity contribution in [2.24, 2.45) is 0 Å². The monoisotopic (exact) mass is 202 g/mol. The Kier molecular flexibility index (Phi) is 1.82. The maximum absolute atomic E-state index is 11.5. The zero-order valence-electron chi connectivity index (χ0n) is 5.74. The first kappa shape index (κ1) is 7.70. The topological polar surface area (TPSA) is 26.3 Å². The minimum absolute atomic E-state index is 0.301. The molecule has 2 aromatic heterocycles. The van der Waals surface area contributed by atoms with Crippen LogP contribution in [0.2, 0.25) is 0 Å². The maximum Gasteiger partial charge on any atom is 0.389 e. The molecule has 2 rings (SSSR count). The summed E-state index contributed by atoms with van der Waals surface area (Å²) < 4.78 is 12.5. The summed E-state index contributed by atoms with van der Waals surface area (Å²) in [6, 6.07) is 1.62. The quantitative estimate of drug-likeness (QED) is 0.710. The van der Waals surface area contributed by atoms with Gasteiger partial charge in [-0.1, -0.05) is 0 Å². The fourth-order valence-electron chi connectivity index (χ4n) is 0.911. The molecule has 0 bridgehead atoms. The van der Waals surface area contributed by atoms with Crippen LogP contribution in [-0.4, -0.2) is 5.97 Å². The first-order valence-electron chi connectivity index (χ1n) is 3.10. The highest BCUT2D eigenvalue weighted by Crippen LogP contribution is 2.29. The Morgan fingerprint density at radius 3 is 3.00 bits per heavy atom. The first-order valence-corrected chi connectivity index (χ1v) is 4.86. The summed E-state index contributed by atoms with van der Waals surface area (Å²) in [4.78, 5) is 14.1. The molecule has 0 aliphatic carbocycles. The van der Waals surface area contributed by atoms with Crippen LogP contribution in [0.25, 0.3) is 10.1 Å². The van der Waals surface area contributed by atoms with Gasteiger partial charge in [0.1, 0.15) is 4.88 Å². The molecule has 12 heavy (non-hydrogen) atoms. The van der Waals surface area contributed by atoms with Crippen molar-refractivity contribution in [1.29, 1.82) is 0 Å². The standard InChI is InChI=1S/C7H3FO2S2/c8-10-7(9)5-1-4-2-11-3-6(4)12-5/h1-3H. The lowest BCUT2D eigenvalue weighted by atomic mass is 10.4. The Labute approximate surface area is 75.1 Å². The highest BCUT2D eigenvalue weighted by molar-refractivity contribution is 7.23. The van der Waals surface area contributed by atoms with Crippen LogP contribution in [0.15, 0.2) is 16.8 Å². The lowest BCUT2D eigenvalue weighted by Crippen LogP contribution is -1.93. The second-order valence-corrected chi connectivity index (χ2v) is 3.99. The highest BCUT2D eigenvalue weighted by Gasteiger charge is 2.12. The van der Waals surface area contributed by atoms with Gasteiger partial charge in [-0.2, -0.15) is 11.3 Å². The molecule has 0 unspecified atom stereocenters. The predicted octanol–water partition coefficient (Wildman–Crippen LogP) is 3.00. The molecule has 0 spiro atoms. The predicted molar refractivity (Wildman–Crippen MR) is 46.2 cm³/mol. The Morgan fingerprint density at radius 1 is 1.50 bits per heavy atom. The number of rotatable bonds is 1. The molecule has 0 aromatic carbocycles. The van der Waals surface area contributed by atoms with Crippen LogP contribution in [0.4, 0.5) is 4.53 Å². The molecular weight excluding hydrogens is 199 g/mol. The first-order chi connectivity index (χ1) is 5.81. The van der Waals surface area contributed by atoms with Crippen molar-refractivity contribution in [3.63, 3.8) is 0 Å². The van der Waals surface area contributed by atoms with E-state index >= 15 is 0 Å². The third-order valence-corrected chi connectivity index (χ3v) is 3.42. The van der Waals surface area contributed by atoms with Gasteiger partial charge in [0, 0.05) is 20.0 Å². The molecule has 0 aliphatic heterocycles. The third-order valence-electron chi connectivity index (χ3n) is 1.43. The molecule has 0 amide bonds. The summed E-state index contributed by atoms with van der Waals surface area (Å²) >= 11 is 2.78. The van der Waals surface area contributed by atoms with E-state index in [0.29, 0.717) is 4.88 Å². The number of carbonyl (C=O) groups is 1. The van der Waals surface area contributed by atoms with Crippen molar-refractivity contribution in [2.45, 2.75) is 0 Å². The molecule has 0 aliphatic rings. The number of hydrogen-bond donors (Lipinski definition) is 0.